The Morgan fingerprint density at radius 2 is 1.79 bits per heavy atom. The zero-order valence-corrected chi connectivity index (χ0v) is 16.8. The van der Waals surface area contributed by atoms with Gasteiger partial charge in [-0.1, -0.05) is 12.1 Å². The van der Waals surface area contributed by atoms with Crippen molar-refractivity contribution < 1.29 is 17.9 Å². The average Bonchev–Trinajstić information content (AvgIpc) is 3.11. The van der Waals surface area contributed by atoms with E-state index < -0.39 is 16.1 Å². The van der Waals surface area contributed by atoms with Crippen molar-refractivity contribution in [3.05, 3.63) is 59.9 Å². The van der Waals surface area contributed by atoms with Crippen molar-refractivity contribution in [2.45, 2.75) is 24.5 Å². The van der Waals surface area contributed by atoms with Gasteiger partial charge in [0.25, 0.3) is 0 Å². The molecule has 0 fully saturated rings. The van der Waals surface area contributed by atoms with E-state index in [9.17, 15) is 17.9 Å². The van der Waals surface area contributed by atoms with Crippen LogP contribution in [0.4, 0.5) is 4.39 Å². The van der Waals surface area contributed by atoms with Crippen LogP contribution in [-0.4, -0.2) is 46.4 Å². The summed E-state index contributed by atoms with van der Waals surface area (Å²) < 4.78 is 39.5. The van der Waals surface area contributed by atoms with Crippen molar-refractivity contribution in [1.29, 1.82) is 0 Å². The van der Waals surface area contributed by atoms with Gasteiger partial charge >= 0.3 is 0 Å². The molecule has 0 aliphatic rings. The van der Waals surface area contributed by atoms with Crippen LogP contribution in [0.3, 0.4) is 0 Å². The number of nitrogens with zero attached hydrogens (tertiary/aromatic N) is 4. The van der Waals surface area contributed by atoms with Crippen molar-refractivity contribution in [1.82, 2.24) is 24.9 Å². The van der Waals surface area contributed by atoms with Crippen LogP contribution in [0.1, 0.15) is 12.5 Å². The third-order valence-electron chi connectivity index (χ3n) is 3.68. The maximum absolute atomic E-state index is 12.9. The van der Waals surface area contributed by atoms with Gasteiger partial charge < -0.3 is 5.11 Å². The highest BCUT2D eigenvalue weighted by Crippen LogP contribution is 2.17. The Hall–Kier alpha value is -2.34. The number of benzene rings is 2. The Morgan fingerprint density at radius 3 is 2.39 bits per heavy atom. The van der Waals surface area contributed by atoms with Gasteiger partial charge in [-0.05, 0) is 54.1 Å². The molecule has 2 aromatic carbocycles. The van der Waals surface area contributed by atoms with Gasteiger partial charge in [0, 0.05) is 12.1 Å². The normalized spacial score (nSPS) is 12.4. The highest BCUT2D eigenvalue weighted by Gasteiger charge is 2.15. The van der Waals surface area contributed by atoms with Crippen molar-refractivity contribution in [2.24, 2.45) is 0 Å². The van der Waals surface area contributed by atoms with Crippen LogP contribution < -0.4 is 4.72 Å². The van der Waals surface area contributed by atoms with Crippen molar-refractivity contribution in [3.63, 3.8) is 0 Å². The van der Waals surface area contributed by atoms with Crippen molar-refractivity contribution >= 4 is 23.5 Å². The summed E-state index contributed by atoms with van der Waals surface area (Å²) in [6.45, 7) is 1.76. The highest BCUT2D eigenvalue weighted by atomic mass is 32.2. The summed E-state index contributed by atoms with van der Waals surface area (Å²) in [5.74, 6) is 0.0296. The predicted molar refractivity (Wildman–Crippen MR) is 106 cm³/mol. The fraction of sp³-hybridized carbons (Fsp3) is 0.235. The summed E-state index contributed by atoms with van der Waals surface area (Å²) in [5, 5.41) is 21.4. The van der Waals surface area contributed by atoms with Crippen LogP contribution in [-0.2, 0) is 16.6 Å². The molecule has 0 aliphatic carbocycles. The number of hydrogen-bond acceptors (Lipinski definition) is 6. The van der Waals surface area contributed by atoms with Crippen LogP contribution >= 0.6 is 13.5 Å². The number of sulfonamides is 1. The number of halogens is 1. The standard InChI is InChI=1S/C17H18FN5O3S.H2S/c1-12(24)10-19-27(25,26)16-8-4-14(5-9-16)17-20-22-23(21-17)11-13-2-6-15(18)7-3-13;/h2-9,12,19,24H,10-11H2,1H3;1H2/t12-;/m0./s1. The van der Waals surface area contributed by atoms with Gasteiger partial charge in [-0.3, -0.25) is 0 Å². The van der Waals surface area contributed by atoms with Crippen LogP contribution in [0, 0.1) is 5.82 Å². The molecule has 0 amide bonds. The summed E-state index contributed by atoms with van der Waals surface area (Å²) in [4.78, 5) is 1.45. The van der Waals surface area contributed by atoms with E-state index in [0.717, 1.165) is 5.56 Å². The molecular formula is C17H20FN5O3S2. The topological polar surface area (TPSA) is 110 Å². The monoisotopic (exact) mass is 425 g/mol. The second-order valence-electron chi connectivity index (χ2n) is 6.00. The number of nitrogens with one attached hydrogen (secondary N) is 1. The zero-order chi connectivity index (χ0) is 19.4. The number of aromatic nitrogens is 4. The van der Waals surface area contributed by atoms with Gasteiger partial charge in [0.05, 0.1) is 17.5 Å². The molecule has 0 spiro atoms. The van der Waals surface area contributed by atoms with E-state index >= 15 is 0 Å². The maximum Gasteiger partial charge on any atom is 0.240 e. The summed E-state index contributed by atoms with van der Waals surface area (Å²) in [6.07, 6.45) is -0.778. The van der Waals surface area contributed by atoms with Gasteiger partial charge in [0.15, 0.2) is 0 Å². The molecule has 3 aromatic rings. The molecule has 28 heavy (non-hydrogen) atoms. The van der Waals surface area contributed by atoms with Crippen molar-refractivity contribution in [2.75, 3.05) is 6.54 Å². The van der Waals surface area contributed by atoms with Gasteiger partial charge in [-0.2, -0.15) is 18.3 Å². The number of tetrazole rings is 1. The molecule has 3 rings (SSSR count). The Kier molecular flexibility index (Phi) is 7.24. The number of hydrogen-bond donors (Lipinski definition) is 2. The zero-order valence-electron chi connectivity index (χ0n) is 14.9. The molecule has 0 unspecified atom stereocenters. The fourth-order valence-electron chi connectivity index (χ4n) is 2.28. The minimum Gasteiger partial charge on any atom is -0.392 e. The maximum atomic E-state index is 12.9. The van der Waals surface area contributed by atoms with E-state index in [-0.39, 0.29) is 30.8 Å². The second-order valence-corrected chi connectivity index (χ2v) is 7.76. The number of rotatable bonds is 7. The lowest BCUT2D eigenvalue weighted by atomic mass is 10.2. The summed E-state index contributed by atoms with van der Waals surface area (Å²) in [5.41, 5.74) is 1.43. The first-order valence-electron chi connectivity index (χ1n) is 8.14. The summed E-state index contributed by atoms with van der Waals surface area (Å²) in [6, 6.07) is 12.0. The third kappa shape index (κ3) is 5.58. The van der Waals surface area contributed by atoms with E-state index in [1.807, 2.05) is 0 Å². The molecule has 150 valence electrons. The highest BCUT2D eigenvalue weighted by molar-refractivity contribution is 7.89. The SMILES string of the molecule is C[C@H](O)CNS(=O)(=O)c1ccc(-c2nnn(Cc3ccc(F)cc3)n2)cc1.S. The Balaban J connectivity index is 0.00000280. The molecule has 2 N–H and O–H groups in total. The first-order chi connectivity index (χ1) is 12.8. The minimum absolute atomic E-state index is 0. The van der Waals surface area contributed by atoms with E-state index in [1.165, 1.54) is 36.0 Å². The van der Waals surface area contributed by atoms with Crippen LogP contribution in [0.15, 0.2) is 53.4 Å². The van der Waals surface area contributed by atoms with Crippen molar-refractivity contribution in [3.8, 4) is 11.4 Å². The quantitative estimate of drug-likeness (QED) is 0.590. The first-order valence-corrected chi connectivity index (χ1v) is 9.62. The molecule has 8 nitrogen and oxygen atoms in total. The van der Waals surface area contributed by atoms with Crippen LogP contribution in [0.2, 0.25) is 0 Å². The molecule has 0 aliphatic heterocycles. The summed E-state index contributed by atoms with van der Waals surface area (Å²) >= 11 is 0. The molecular weight excluding hydrogens is 405 g/mol. The smallest absolute Gasteiger partial charge is 0.240 e. The van der Waals surface area contributed by atoms with E-state index in [2.05, 4.69) is 20.1 Å². The first kappa shape index (κ1) is 22.0. The molecule has 0 saturated heterocycles. The van der Waals surface area contributed by atoms with E-state index in [0.29, 0.717) is 17.9 Å². The molecule has 0 radical (unpaired) electrons. The summed E-state index contributed by atoms with van der Waals surface area (Å²) in [7, 11) is -3.70. The van der Waals surface area contributed by atoms with Crippen LogP contribution in [0.5, 0.6) is 0 Å². The number of aliphatic hydroxyl groups excluding tert-OH is 1. The lowest BCUT2D eigenvalue weighted by Gasteiger charge is -2.08. The molecule has 0 bridgehead atoms. The van der Waals surface area contributed by atoms with Gasteiger partial charge in [0.1, 0.15) is 5.82 Å². The van der Waals surface area contributed by atoms with Gasteiger partial charge in [0.2, 0.25) is 15.8 Å². The Bertz CT molecular complexity index is 1010. The molecule has 1 heterocycles. The van der Waals surface area contributed by atoms with E-state index in [1.54, 1.807) is 24.3 Å². The largest absolute Gasteiger partial charge is 0.392 e. The second kappa shape index (κ2) is 9.24. The van der Waals surface area contributed by atoms with Gasteiger partial charge in [-0.15, -0.1) is 10.2 Å². The molecule has 1 atom stereocenters. The lowest BCUT2D eigenvalue weighted by molar-refractivity contribution is 0.198. The average molecular weight is 426 g/mol. The Labute approximate surface area is 168 Å². The molecule has 11 heteroatoms. The van der Waals surface area contributed by atoms with Crippen LogP contribution in [0.25, 0.3) is 11.4 Å². The number of aliphatic hydroxyl groups is 1. The minimum atomic E-state index is -3.70. The van der Waals surface area contributed by atoms with E-state index in [4.69, 9.17) is 0 Å². The molecule has 0 saturated carbocycles. The Morgan fingerprint density at radius 1 is 1.14 bits per heavy atom. The molecule has 1 aromatic heterocycles. The third-order valence-corrected chi connectivity index (χ3v) is 5.12. The van der Waals surface area contributed by atoms with Gasteiger partial charge in [-0.25, -0.2) is 17.5 Å². The lowest BCUT2D eigenvalue weighted by Crippen LogP contribution is -2.30. The predicted octanol–water partition coefficient (Wildman–Crippen LogP) is 1.30. The fourth-order valence-corrected chi connectivity index (χ4v) is 3.40.